The van der Waals surface area contributed by atoms with Crippen molar-refractivity contribution < 1.29 is 0 Å². The van der Waals surface area contributed by atoms with Gasteiger partial charge in [-0.3, -0.25) is 0 Å². The Hall–Kier alpha value is -1.36. The third kappa shape index (κ3) is 2.24. The van der Waals surface area contributed by atoms with Crippen molar-refractivity contribution in [3.8, 4) is 0 Å². The van der Waals surface area contributed by atoms with E-state index in [9.17, 15) is 0 Å². The Balaban J connectivity index is 2.38. The number of nitrogens with zero attached hydrogens (tertiary/aromatic N) is 2. The molecule has 0 spiro atoms. The van der Waals surface area contributed by atoms with Crippen molar-refractivity contribution in [2.24, 2.45) is 0 Å². The molecule has 0 unspecified atom stereocenters. The second-order valence-electron chi connectivity index (χ2n) is 3.49. The van der Waals surface area contributed by atoms with Gasteiger partial charge < -0.3 is 10.6 Å². The third-order valence-corrected chi connectivity index (χ3v) is 3.01. The van der Waals surface area contributed by atoms with Crippen molar-refractivity contribution in [3.05, 3.63) is 11.4 Å². The van der Waals surface area contributed by atoms with E-state index in [2.05, 4.69) is 33.6 Å². The highest BCUT2D eigenvalue weighted by atomic mass is 32.1. The van der Waals surface area contributed by atoms with Gasteiger partial charge in [0.05, 0.1) is 5.39 Å². The Bertz CT molecular complexity index is 466. The maximum Gasteiger partial charge on any atom is 0.226 e. The summed E-state index contributed by atoms with van der Waals surface area (Å²) in [6.07, 6.45) is 1.09. The van der Waals surface area contributed by atoms with Crippen molar-refractivity contribution in [3.63, 3.8) is 0 Å². The minimum atomic E-state index is 0.705. The van der Waals surface area contributed by atoms with Crippen LogP contribution in [0.15, 0.2) is 11.4 Å². The van der Waals surface area contributed by atoms with Crippen LogP contribution in [0.2, 0.25) is 0 Å². The largest absolute Gasteiger partial charge is 0.369 e. The summed E-state index contributed by atoms with van der Waals surface area (Å²) in [5, 5.41) is 9.65. The summed E-state index contributed by atoms with van der Waals surface area (Å²) in [5.41, 5.74) is 0. The summed E-state index contributed by atoms with van der Waals surface area (Å²) in [4.78, 5) is 9.96. The minimum absolute atomic E-state index is 0.705. The number of fused-ring (bicyclic) bond motifs is 1. The third-order valence-electron chi connectivity index (χ3n) is 2.20. The zero-order valence-electron chi connectivity index (χ0n) is 9.58. The predicted molar refractivity (Wildman–Crippen MR) is 70.4 cm³/mol. The molecular weight excluding hydrogens is 220 g/mol. The van der Waals surface area contributed by atoms with Gasteiger partial charge in [-0.1, -0.05) is 6.92 Å². The van der Waals surface area contributed by atoms with Crippen molar-refractivity contribution in [2.75, 3.05) is 23.7 Å². The number of hydrogen-bond acceptors (Lipinski definition) is 5. The van der Waals surface area contributed by atoms with Crippen LogP contribution in [0.4, 0.5) is 11.8 Å². The molecule has 2 aromatic rings. The number of hydrogen-bond donors (Lipinski definition) is 2. The minimum Gasteiger partial charge on any atom is -0.369 e. The molecule has 5 heteroatoms. The molecule has 0 amide bonds. The second kappa shape index (κ2) is 5.12. The normalized spacial score (nSPS) is 10.6. The number of rotatable bonds is 5. The van der Waals surface area contributed by atoms with Crippen LogP contribution in [0.3, 0.4) is 0 Å². The van der Waals surface area contributed by atoms with Gasteiger partial charge in [-0.15, -0.1) is 11.3 Å². The van der Waals surface area contributed by atoms with Crippen LogP contribution in [-0.4, -0.2) is 23.1 Å². The summed E-state index contributed by atoms with van der Waals surface area (Å²) in [5.74, 6) is 1.64. The van der Waals surface area contributed by atoms with E-state index in [1.807, 2.05) is 12.3 Å². The Labute approximate surface area is 99.1 Å². The number of anilines is 2. The smallest absolute Gasteiger partial charge is 0.226 e. The summed E-state index contributed by atoms with van der Waals surface area (Å²) >= 11 is 1.64. The van der Waals surface area contributed by atoms with Crippen molar-refractivity contribution in [1.29, 1.82) is 0 Å². The maximum absolute atomic E-state index is 4.47. The second-order valence-corrected chi connectivity index (χ2v) is 4.39. The van der Waals surface area contributed by atoms with Gasteiger partial charge in [0, 0.05) is 13.1 Å². The number of thiophene rings is 1. The average Bonchev–Trinajstić information content (AvgIpc) is 2.74. The molecule has 16 heavy (non-hydrogen) atoms. The molecule has 0 aliphatic carbocycles. The van der Waals surface area contributed by atoms with Crippen molar-refractivity contribution in [1.82, 2.24) is 9.97 Å². The summed E-state index contributed by atoms with van der Waals surface area (Å²) < 4.78 is 0. The molecule has 0 atom stereocenters. The molecule has 2 rings (SSSR count). The first-order valence-electron chi connectivity index (χ1n) is 5.58. The molecule has 0 bridgehead atoms. The monoisotopic (exact) mass is 236 g/mol. The highest BCUT2D eigenvalue weighted by molar-refractivity contribution is 7.16. The molecule has 0 aromatic carbocycles. The van der Waals surface area contributed by atoms with Gasteiger partial charge in [0.1, 0.15) is 10.6 Å². The molecule has 0 aliphatic heterocycles. The fraction of sp³-hybridized carbons (Fsp3) is 0.455. The predicted octanol–water partition coefficient (Wildman–Crippen LogP) is 2.95. The molecule has 2 aromatic heterocycles. The molecule has 86 valence electrons. The molecular formula is C11H16N4S. The van der Waals surface area contributed by atoms with Crippen molar-refractivity contribution in [2.45, 2.75) is 20.3 Å². The zero-order valence-corrected chi connectivity index (χ0v) is 10.4. The Kier molecular flexibility index (Phi) is 3.56. The molecule has 0 saturated carbocycles. The quantitative estimate of drug-likeness (QED) is 0.838. The van der Waals surface area contributed by atoms with Gasteiger partial charge in [0.15, 0.2) is 0 Å². The number of nitrogens with one attached hydrogen (secondary N) is 2. The average molecular weight is 236 g/mol. The lowest BCUT2D eigenvalue weighted by Crippen LogP contribution is -2.07. The molecule has 0 saturated heterocycles. The van der Waals surface area contributed by atoms with Gasteiger partial charge in [-0.2, -0.15) is 4.98 Å². The van der Waals surface area contributed by atoms with E-state index in [4.69, 9.17) is 0 Å². The van der Waals surface area contributed by atoms with E-state index in [0.29, 0.717) is 5.95 Å². The Morgan fingerprint density at radius 1 is 1.25 bits per heavy atom. The van der Waals surface area contributed by atoms with Gasteiger partial charge in [-0.05, 0) is 24.8 Å². The summed E-state index contributed by atoms with van der Waals surface area (Å²) in [6.45, 7) is 5.96. The van der Waals surface area contributed by atoms with Crippen LogP contribution in [0, 0.1) is 0 Å². The molecule has 2 N–H and O–H groups in total. The highest BCUT2D eigenvalue weighted by Crippen LogP contribution is 2.26. The van der Waals surface area contributed by atoms with E-state index >= 15 is 0 Å². The lowest BCUT2D eigenvalue weighted by Gasteiger charge is -2.08. The molecule has 2 heterocycles. The van der Waals surface area contributed by atoms with E-state index in [1.54, 1.807) is 11.3 Å². The van der Waals surface area contributed by atoms with Crippen LogP contribution < -0.4 is 10.6 Å². The molecule has 0 aliphatic rings. The Morgan fingerprint density at radius 3 is 2.88 bits per heavy atom. The topological polar surface area (TPSA) is 49.8 Å². The standard InChI is InChI=1S/C11H16N4S/c1-3-6-13-9-8-5-7-16-10(8)15-11(14-9)12-4-2/h5,7H,3-4,6H2,1-2H3,(H2,12,13,14,15). The van der Waals surface area contributed by atoms with Gasteiger partial charge in [-0.25, -0.2) is 4.98 Å². The molecule has 0 radical (unpaired) electrons. The fourth-order valence-electron chi connectivity index (χ4n) is 1.47. The SMILES string of the molecule is CCCNc1nc(NCC)nc2sccc12. The first-order valence-corrected chi connectivity index (χ1v) is 6.46. The number of aromatic nitrogens is 2. The first-order chi connectivity index (χ1) is 7.85. The zero-order chi connectivity index (χ0) is 11.4. The van der Waals surface area contributed by atoms with Gasteiger partial charge in [0.25, 0.3) is 0 Å². The van der Waals surface area contributed by atoms with Crippen LogP contribution in [0.5, 0.6) is 0 Å². The van der Waals surface area contributed by atoms with Crippen LogP contribution in [-0.2, 0) is 0 Å². The summed E-state index contributed by atoms with van der Waals surface area (Å²) in [7, 11) is 0. The molecule has 0 fully saturated rings. The van der Waals surface area contributed by atoms with E-state index < -0.39 is 0 Å². The maximum atomic E-state index is 4.47. The van der Waals surface area contributed by atoms with Crippen molar-refractivity contribution >= 4 is 33.3 Å². The van der Waals surface area contributed by atoms with Crippen LogP contribution in [0.1, 0.15) is 20.3 Å². The van der Waals surface area contributed by atoms with Crippen LogP contribution in [0.25, 0.3) is 10.2 Å². The first kappa shape index (κ1) is 11.1. The molecule has 4 nitrogen and oxygen atoms in total. The van der Waals surface area contributed by atoms with Crippen LogP contribution >= 0.6 is 11.3 Å². The van der Waals surface area contributed by atoms with E-state index in [-0.39, 0.29) is 0 Å². The Morgan fingerprint density at radius 2 is 2.12 bits per heavy atom. The van der Waals surface area contributed by atoms with E-state index in [0.717, 1.165) is 35.5 Å². The van der Waals surface area contributed by atoms with Gasteiger partial charge >= 0.3 is 0 Å². The lowest BCUT2D eigenvalue weighted by molar-refractivity contribution is 0.969. The summed E-state index contributed by atoms with van der Waals surface area (Å²) in [6, 6.07) is 2.06. The highest BCUT2D eigenvalue weighted by Gasteiger charge is 2.07. The van der Waals surface area contributed by atoms with Gasteiger partial charge in [0.2, 0.25) is 5.95 Å². The van der Waals surface area contributed by atoms with E-state index in [1.165, 1.54) is 0 Å². The lowest BCUT2D eigenvalue weighted by atomic mass is 10.3. The fourth-order valence-corrected chi connectivity index (χ4v) is 2.23.